The molecule has 0 radical (unpaired) electrons. The molecule has 120 valence electrons. The van der Waals surface area contributed by atoms with Crippen molar-refractivity contribution in [3.63, 3.8) is 0 Å². The van der Waals surface area contributed by atoms with Gasteiger partial charge in [0.1, 0.15) is 0 Å². The molecule has 0 unspecified atom stereocenters. The molecule has 2 nitrogen and oxygen atoms in total. The highest BCUT2D eigenvalue weighted by molar-refractivity contribution is 6.35. The molecule has 0 atom stereocenters. The number of nitrogens with zero attached hydrogens (tertiary/aromatic N) is 1. The van der Waals surface area contributed by atoms with Gasteiger partial charge >= 0.3 is 0 Å². The van der Waals surface area contributed by atoms with E-state index in [4.69, 9.17) is 23.2 Å². The molecule has 0 N–H and O–H groups in total. The number of halogens is 2. The van der Waals surface area contributed by atoms with Gasteiger partial charge in [0.2, 0.25) is 0 Å². The van der Waals surface area contributed by atoms with E-state index in [2.05, 4.69) is 11.0 Å². The maximum absolute atomic E-state index is 12.7. The third-order valence-corrected chi connectivity index (χ3v) is 4.61. The van der Waals surface area contributed by atoms with Gasteiger partial charge in [0.25, 0.3) is 0 Å². The predicted octanol–water partition coefficient (Wildman–Crippen LogP) is 5.21. The fourth-order valence-corrected chi connectivity index (χ4v) is 3.56. The Hall–Kier alpha value is -1.35. The van der Waals surface area contributed by atoms with Crippen LogP contribution in [0.25, 0.3) is 0 Å². The molecule has 1 aliphatic rings. The van der Waals surface area contributed by atoms with E-state index in [0.29, 0.717) is 21.2 Å². The Balaban J connectivity index is 1.79. The van der Waals surface area contributed by atoms with Gasteiger partial charge in [-0.15, -0.1) is 0 Å². The first-order valence-corrected chi connectivity index (χ1v) is 8.69. The van der Waals surface area contributed by atoms with Gasteiger partial charge in [0, 0.05) is 27.7 Å². The Morgan fingerprint density at radius 3 is 2.30 bits per heavy atom. The van der Waals surface area contributed by atoms with Crippen LogP contribution in [0.15, 0.2) is 42.5 Å². The minimum absolute atomic E-state index is 0.0464. The van der Waals surface area contributed by atoms with Crippen molar-refractivity contribution >= 4 is 29.0 Å². The summed E-state index contributed by atoms with van der Waals surface area (Å²) in [6, 6.07) is 12.8. The first-order chi connectivity index (χ1) is 11.1. The smallest absolute Gasteiger partial charge is 0.193 e. The fourth-order valence-electron chi connectivity index (χ4n) is 3.04. The Morgan fingerprint density at radius 2 is 1.61 bits per heavy atom. The number of benzene rings is 2. The number of ketones is 1. The van der Waals surface area contributed by atoms with Gasteiger partial charge in [0.05, 0.1) is 0 Å². The highest BCUT2D eigenvalue weighted by Crippen LogP contribution is 2.22. The van der Waals surface area contributed by atoms with Crippen molar-refractivity contribution in [2.45, 2.75) is 25.8 Å². The molecule has 2 aromatic rings. The molecule has 4 heteroatoms. The summed E-state index contributed by atoms with van der Waals surface area (Å²) >= 11 is 12.0. The van der Waals surface area contributed by atoms with E-state index in [0.717, 1.165) is 19.6 Å². The third kappa shape index (κ3) is 4.35. The molecule has 1 fully saturated rings. The molecule has 0 aromatic heterocycles. The first-order valence-electron chi connectivity index (χ1n) is 7.94. The molecule has 3 rings (SSSR count). The number of carbonyl (C=O) groups excluding carboxylic acids is 1. The van der Waals surface area contributed by atoms with Crippen LogP contribution in [0.1, 0.15) is 40.7 Å². The topological polar surface area (TPSA) is 20.3 Å². The van der Waals surface area contributed by atoms with Gasteiger partial charge in [-0.05, 0) is 55.8 Å². The van der Waals surface area contributed by atoms with E-state index < -0.39 is 0 Å². The van der Waals surface area contributed by atoms with Crippen molar-refractivity contribution in [1.82, 2.24) is 4.90 Å². The van der Waals surface area contributed by atoms with E-state index >= 15 is 0 Å². The molecular weight excluding hydrogens is 329 g/mol. The summed E-state index contributed by atoms with van der Waals surface area (Å²) < 4.78 is 0. The van der Waals surface area contributed by atoms with E-state index in [9.17, 15) is 4.79 Å². The third-order valence-electron chi connectivity index (χ3n) is 4.17. The number of hydrogen-bond donors (Lipinski definition) is 0. The van der Waals surface area contributed by atoms with Crippen LogP contribution in [0, 0.1) is 0 Å². The minimum atomic E-state index is -0.0464. The lowest BCUT2D eigenvalue weighted by Crippen LogP contribution is -2.29. The van der Waals surface area contributed by atoms with Crippen LogP contribution in [-0.2, 0) is 6.54 Å². The van der Waals surface area contributed by atoms with E-state index in [1.807, 2.05) is 18.2 Å². The zero-order chi connectivity index (χ0) is 16.2. The van der Waals surface area contributed by atoms with Crippen molar-refractivity contribution in [1.29, 1.82) is 0 Å². The number of rotatable bonds is 4. The number of piperidine rings is 1. The molecule has 0 amide bonds. The van der Waals surface area contributed by atoms with Crippen LogP contribution < -0.4 is 0 Å². The van der Waals surface area contributed by atoms with Crippen LogP contribution >= 0.6 is 23.2 Å². The number of hydrogen-bond acceptors (Lipinski definition) is 2. The lowest BCUT2D eigenvalue weighted by molar-refractivity contribution is 0.103. The second-order valence-electron chi connectivity index (χ2n) is 6.02. The van der Waals surface area contributed by atoms with Crippen molar-refractivity contribution < 1.29 is 4.79 Å². The first kappa shape index (κ1) is 16.5. The second kappa shape index (κ2) is 7.48. The highest BCUT2D eigenvalue weighted by atomic mass is 35.5. The summed E-state index contributed by atoms with van der Waals surface area (Å²) in [6.45, 7) is 3.18. The summed E-state index contributed by atoms with van der Waals surface area (Å²) in [4.78, 5) is 15.1. The van der Waals surface area contributed by atoms with Gasteiger partial charge in [-0.2, -0.15) is 0 Å². The largest absolute Gasteiger partial charge is 0.299 e. The van der Waals surface area contributed by atoms with Crippen molar-refractivity contribution in [3.8, 4) is 0 Å². The number of likely N-dealkylation sites (tertiary alicyclic amines) is 1. The SMILES string of the molecule is O=C(c1cc(Cl)cc(Cl)c1)c1cccc(CN2CCCCC2)c1. The van der Waals surface area contributed by atoms with Gasteiger partial charge in [-0.1, -0.05) is 47.8 Å². The second-order valence-corrected chi connectivity index (χ2v) is 6.90. The molecule has 0 saturated carbocycles. The molecule has 2 aromatic carbocycles. The highest BCUT2D eigenvalue weighted by Gasteiger charge is 2.14. The standard InChI is InChI=1S/C19H19Cl2NO/c20-17-10-16(11-18(21)12-17)19(23)15-6-4-5-14(9-15)13-22-7-2-1-3-8-22/h4-6,9-12H,1-3,7-8,13H2. The van der Waals surface area contributed by atoms with Crippen LogP contribution in [0.3, 0.4) is 0 Å². The minimum Gasteiger partial charge on any atom is -0.299 e. The average Bonchev–Trinajstić information content (AvgIpc) is 2.54. The van der Waals surface area contributed by atoms with Gasteiger partial charge in [0.15, 0.2) is 5.78 Å². The average molecular weight is 348 g/mol. The monoisotopic (exact) mass is 347 g/mol. The Kier molecular flexibility index (Phi) is 5.37. The van der Waals surface area contributed by atoms with Crippen LogP contribution in [0.4, 0.5) is 0 Å². The quantitative estimate of drug-likeness (QED) is 0.707. The summed E-state index contributed by atoms with van der Waals surface area (Å²) in [5.41, 5.74) is 2.38. The van der Waals surface area contributed by atoms with Crippen molar-refractivity contribution in [2.75, 3.05) is 13.1 Å². The van der Waals surface area contributed by atoms with Crippen molar-refractivity contribution in [2.24, 2.45) is 0 Å². The summed E-state index contributed by atoms with van der Waals surface area (Å²) in [6.07, 6.45) is 3.85. The Morgan fingerprint density at radius 1 is 0.913 bits per heavy atom. The van der Waals surface area contributed by atoms with Gasteiger partial charge in [-0.25, -0.2) is 0 Å². The van der Waals surface area contributed by atoms with Gasteiger partial charge < -0.3 is 0 Å². The van der Waals surface area contributed by atoms with Crippen LogP contribution in [-0.4, -0.2) is 23.8 Å². The zero-order valence-corrected chi connectivity index (χ0v) is 14.4. The van der Waals surface area contributed by atoms with E-state index in [1.54, 1.807) is 18.2 Å². The maximum atomic E-state index is 12.7. The van der Waals surface area contributed by atoms with E-state index in [1.165, 1.54) is 24.8 Å². The summed E-state index contributed by atoms with van der Waals surface area (Å²) in [5, 5.41) is 0.954. The Labute approximate surface area is 147 Å². The predicted molar refractivity (Wildman–Crippen MR) is 95.5 cm³/mol. The molecule has 1 saturated heterocycles. The molecule has 0 aliphatic carbocycles. The summed E-state index contributed by atoms with van der Waals surface area (Å²) in [7, 11) is 0. The van der Waals surface area contributed by atoms with Crippen LogP contribution in [0.2, 0.25) is 10.0 Å². The fraction of sp³-hybridized carbons (Fsp3) is 0.316. The summed E-state index contributed by atoms with van der Waals surface area (Å²) in [5.74, 6) is -0.0464. The normalized spacial score (nSPS) is 15.6. The zero-order valence-electron chi connectivity index (χ0n) is 12.9. The molecule has 0 bridgehead atoms. The molecule has 1 heterocycles. The Bertz CT molecular complexity index is 688. The van der Waals surface area contributed by atoms with Crippen LogP contribution in [0.5, 0.6) is 0 Å². The number of carbonyl (C=O) groups is 1. The molecule has 23 heavy (non-hydrogen) atoms. The lowest BCUT2D eigenvalue weighted by atomic mass is 10.0. The molecular formula is C19H19Cl2NO. The molecule has 1 aliphatic heterocycles. The van der Waals surface area contributed by atoms with E-state index in [-0.39, 0.29) is 5.78 Å². The van der Waals surface area contributed by atoms with Crippen molar-refractivity contribution in [3.05, 3.63) is 69.2 Å². The molecule has 0 spiro atoms. The lowest BCUT2D eigenvalue weighted by Gasteiger charge is -2.26. The van der Waals surface area contributed by atoms with Gasteiger partial charge in [-0.3, -0.25) is 9.69 Å². The maximum Gasteiger partial charge on any atom is 0.193 e.